The van der Waals surface area contributed by atoms with E-state index in [4.69, 9.17) is 5.73 Å². The summed E-state index contributed by atoms with van der Waals surface area (Å²) in [5.74, 6) is -0.780. The molecule has 7 nitrogen and oxygen atoms in total. The van der Waals surface area contributed by atoms with Gasteiger partial charge < -0.3 is 20.2 Å². The van der Waals surface area contributed by atoms with Crippen LogP contribution in [0.25, 0.3) is 33.0 Å². The SMILES string of the molecule is CCN(CC)CCCn1cc(C2=C(c3c[nH]c4ccccc34)C(=O)NC2=O)c2c(N)cccc21. The first kappa shape index (κ1) is 22.0. The van der Waals surface area contributed by atoms with Gasteiger partial charge >= 0.3 is 0 Å². The number of nitrogens with one attached hydrogen (secondary N) is 2. The molecule has 0 spiro atoms. The van der Waals surface area contributed by atoms with Crippen molar-refractivity contribution in [1.29, 1.82) is 0 Å². The van der Waals surface area contributed by atoms with Crippen molar-refractivity contribution in [3.05, 3.63) is 66.0 Å². The summed E-state index contributed by atoms with van der Waals surface area (Å²) in [6.45, 7) is 8.16. The van der Waals surface area contributed by atoms with Gasteiger partial charge in [0.05, 0.1) is 16.7 Å². The first-order valence-corrected chi connectivity index (χ1v) is 11.8. The molecular weight excluding hydrogens is 426 g/mol. The van der Waals surface area contributed by atoms with Crippen LogP contribution < -0.4 is 11.1 Å². The predicted octanol–water partition coefficient (Wildman–Crippen LogP) is 4.00. The quantitative estimate of drug-likeness (QED) is 0.276. The minimum absolute atomic E-state index is 0.375. The topological polar surface area (TPSA) is 96.1 Å². The fourth-order valence-electron chi connectivity index (χ4n) is 5.01. The Bertz CT molecular complexity index is 1440. The normalized spacial score (nSPS) is 14.2. The number of rotatable bonds is 8. The number of fused-ring (bicyclic) bond motifs is 2. The van der Waals surface area contributed by atoms with Crippen LogP contribution in [-0.2, 0) is 16.1 Å². The van der Waals surface area contributed by atoms with Gasteiger partial charge in [0.1, 0.15) is 0 Å². The summed E-state index contributed by atoms with van der Waals surface area (Å²) < 4.78 is 2.15. The zero-order valence-electron chi connectivity index (χ0n) is 19.5. The van der Waals surface area contributed by atoms with Crippen molar-refractivity contribution in [2.75, 3.05) is 25.4 Å². The lowest BCUT2D eigenvalue weighted by molar-refractivity contribution is -0.122. The lowest BCUT2D eigenvalue weighted by Crippen LogP contribution is -2.24. The Morgan fingerprint density at radius 3 is 2.44 bits per heavy atom. The van der Waals surface area contributed by atoms with Crippen molar-refractivity contribution in [2.45, 2.75) is 26.8 Å². The number of benzene rings is 2. The Hall–Kier alpha value is -3.84. The van der Waals surface area contributed by atoms with Gasteiger partial charge in [-0.15, -0.1) is 0 Å². The molecule has 3 heterocycles. The maximum atomic E-state index is 13.1. The molecule has 2 amide bonds. The number of hydrogen-bond donors (Lipinski definition) is 3. The summed E-state index contributed by atoms with van der Waals surface area (Å²) in [6, 6.07) is 13.6. The minimum atomic E-state index is -0.393. The lowest BCUT2D eigenvalue weighted by atomic mass is 9.95. The molecule has 1 aliphatic heterocycles. The Labute approximate surface area is 198 Å². The Morgan fingerprint density at radius 2 is 1.68 bits per heavy atom. The second kappa shape index (κ2) is 8.83. The lowest BCUT2D eigenvalue weighted by Gasteiger charge is -2.18. The van der Waals surface area contributed by atoms with Crippen LogP contribution in [0.15, 0.2) is 54.9 Å². The number of carbonyl (C=O) groups excluding carboxylic acids is 2. The van der Waals surface area contributed by atoms with Gasteiger partial charge in [-0.2, -0.15) is 0 Å². The maximum Gasteiger partial charge on any atom is 0.259 e. The van der Waals surface area contributed by atoms with Crippen LogP contribution in [0.2, 0.25) is 0 Å². The average Bonchev–Trinajstić information content (AvgIpc) is 3.50. The summed E-state index contributed by atoms with van der Waals surface area (Å²) in [6.07, 6.45) is 4.75. The van der Waals surface area contributed by atoms with Gasteiger partial charge in [0, 0.05) is 52.0 Å². The number of H-pyrrole nitrogens is 1. The largest absolute Gasteiger partial charge is 0.398 e. The summed E-state index contributed by atoms with van der Waals surface area (Å²) in [5.41, 5.74) is 11.1. The summed E-state index contributed by atoms with van der Waals surface area (Å²) in [7, 11) is 0. The van der Waals surface area contributed by atoms with E-state index >= 15 is 0 Å². The van der Waals surface area contributed by atoms with E-state index in [1.54, 1.807) is 6.20 Å². The maximum absolute atomic E-state index is 13.1. The summed E-state index contributed by atoms with van der Waals surface area (Å²) in [4.78, 5) is 31.7. The number of anilines is 1. The first-order valence-electron chi connectivity index (χ1n) is 11.8. The van der Waals surface area contributed by atoms with Crippen LogP contribution in [-0.4, -0.2) is 45.9 Å². The molecule has 2 aromatic carbocycles. The highest BCUT2D eigenvalue weighted by Crippen LogP contribution is 2.39. The van der Waals surface area contributed by atoms with Crippen LogP contribution in [0, 0.1) is 0 Å². The Kier molecular flexibility index (Phi) is 5.71. The number of amides is 2. The van der Waals surface area contributed by atoms with E-state index in [2.05, 4.69) is 33.6 Å². The van der Waals surface area contributed by atoms with E-state index in [9.17, 15) is 9.59 Å². The molecule has 0 saturated carbocycles. The second-order valence-corrected chi connectivity index (χ2v) is 8.64. The van der Waals surface area contributed by atoms with Gasteiger partial charge in [0.2, 0.25) is 0 Å². The number of aromatic nitrogens is 2. The number of nitrogens with zero attached hydrogens (tertiary/aromatic N) is 2. The van der Waals surface area contributed by atoms with E-state index in [1.807, 2.05) is 48.7 Å². The molecule has 4 aromatic rings. The van der Waals surface area contributed by atoms with E-state index in [-0.39, 0.29) is 5.91 Å². The molecule has 0 radical (unpaired) electrons. The third-order valence-electron chi connectivity index (χ3n) is 6.77. The first-order chi connectivity index (χ1) is 16.5. The highest BCUT2D eigenvalue weighted by atomic mass is 16.2. The second-order valence-electron chi connectivity index (χ2n) is 8.64. The van der Waals surface area contributed by atoms with Gasteiger partial charge in [0.15, 0.2) is 0 Å². The number of aryl methyl sites for hydroxylation is 1. The van der Waals surface area contributed by atoms with Gasteiger partial charge in [-0.3, -0.25) is 14.9 Å². The van der Waals surface area contributed by atoms with Crippen molar-refractivity contribution >= 4 is 50.5 Å². The van der Waals surface area contributed by atoms with Crippen LogP contribution in [0.1, 0.15) is 31.4 Å². The van der Waals surface area contributed by atoms with Crippen LogP contribution in [0.4, 0.5) is 5.69 Å². The molecule has 4 N–H and O–H groups in total. The van der Waals surface area contributed by atoms with Crippen molar-refractivity contribution in [3.63, 3.8) is 0 Å². The molecule has 5 rings (SSSR count). The van der Waals surface area contributed by atoms with Crippen LogP contribution in [0.5, 0.6) is 0 Å². The van der Waals surface area contributed by atoms with E-state index in [0.717, 1.165) is 54.4 Å². The smallest absolute Gasteiger partial charge is 0.259 e. The van der Waals surface area contributed by atoms with Gasteiger partial charge in [-0.1, -0.05) is 38.1 Å². The van der Waals surface area contributed by atoms with Crippen molar-refractivity contribution in [3.8, 4) is 0 Å². The molecule has 2 aromatic heterocycles. The number of para-hydroxylation sites is 1. The van der Waals surface area contributed by atoms with E-state index in [1.165, 1.54) is 0 Å². The molecule has 34 heavy (non-hydrogen) atoms. The standard InChI is InChI=1S/C27H29N5O2/c1-3-31(4-2)13-8-14-32-16-19(23-20(28)10-7-12-22(23)32)25-24(26(33)30-27(25)34)18-15-29-21-11-6-5-9-17(18)21/h5-7,9-12,15-16,29H,3-4,8,13-14,28H2,1-2H3,(H,30,33,34). The molecular formula is C27H29N5O2. The number of nitrogens with two attached hydrogens (primary N) is 1. The molecule has 0 saturated heterocycles. The monoisotopic (exact) mass is 455 g/mol. The average molecular weight is 456 g/mol. The summed E-state index contributed by atoms with van der Waals surface area (Å²) in [5, 5.41) is 4.22. The van der Waals surface area contributed by atoms with Crippen LogP contribution in [0.3, 0.4) is 0 Å². The fourth-order valence-corrected chi connectivity index (χ4v) is 5.01. The molecule has 7 heteroatoms. The third kappa shape index (κ3) is 3.58. The molecule has 174 valence electrons. The van der Waals surface area contributed by atoms with E-state index in [0.29, 0.717) is 28.0 Å². The van der Waals surface area contributed by atoms with Crippen molar-refractivity contribution < 1.29 is 9.59 Å². The Morgan fingerprint density at radius 1 is 0.941 bits per heavy atom. The summed E-state index contributed by atoms with van der Waals surface area (Å²) >= 11 is 0. The van der Waals surface area contributed by atoms with Gasteiger partial charge in [0.25, 0.3) is 11.8 Å². The molecule has 1 aliphatic rings. The molecule has 0 unspecified atom stereocenters. The highest BCUT2D eigenvalue weighted by molar-refractivity contribution is 6.51. The number of imide groups is 1. The van der Waals surface area contributed by atoms with Gasteiger partial charge in [-0.25, -0.2) is 0 Å². The predicted molar refractivity (Wildman–Crippen MR) is 137 cm³/mol. The van der Waals surface area contributed by atoms with Crippen LogP contribution >= 0.6 is 0 Å². The fraction of sp³-hybridized carbons (Fsp3) is 0.259. The minimum Gasteiger partial charge on any atom is -0.398 e. The van der Waals surface area contributed by atoms with Crippen molar-refractivity contribution in [1.82, 2.24) is 19.8 Å². The highest BCUT2D eigenvalue weighted by Gasteiger charge is 2.35. The zero-order chi connectivity index (χ0) is 23.8. The van der Waals surface area contributed by atoms with Crippen molar-refractivity contribution in [2.24, 2.45) is 0 Å². The molecule has 0 fully saturated rings. The molecule has 0 bridgehead atoms. The molecule has 0 aliphatic carbocycles. The molecule has 0 atom stereocenters. The number of aromatic amines is 1. The number of nitrogen functional groups attached to an aromatic ring is 1. The number of hydrogen-bond acceptors (Lipinski definition) is 4. The third-order valence-corrected chi connectivity index (χ3v) is 6.77. The zero-order valence-corrected chi connectivity index (χ0v) is 19.5. The van der Waals surface area contributed by atoms with Gasteiger partial charge in [-0.05, 0) is 44.3 Å². The van der Waals surface area contributed by atoms with E-state index < -0.39 is 5.91 Å². The number of carbonyl (C=O) groups is 2. The Balaban J connectivity index is 1.66.